The van der Waals surface area contributed by atoms with Gasteiger partial charge in [-0.1, -0.05) is 6.58 Å². The van der Waals surface area contributed by atoms with E-state index in [4.69, 9.17) is 0 Å². The number of carbonyl (C=O) groups is 1. The van der Waals surface area contributed by atoms with Crippen LogP contribution in [0.4, 0.5) is 0 Å². The first kappa shape index (κ1) is 9.68. The molecule has 0 spiro atoms. The second-order valence-corrected chi connectivity index (χ2v) is 1.88. The summed E-state index contributed by atoms with van der Waals surface area (Å²) >= 11 is 0. The van der Waals surface area contributed by atoms with Crippen LogP contribution in [-0.4, -0.2) is 25.4 Å². The Kier molecular flexibility index (Phi) is 5.98. The number of rotatable bonds is 6. The zero-order valence-electron chi connectivity index (χ0n) is 6.22. The van der Waals surface area contributed by atoms with E-state index in [-0.39, 0.29) is 5.91 Å². The minimum atomic E-state index is -0.194. The van der Waals surface area contributed by atoms with Gasteiger partial charge in [-0.15, -0.1) is 0 Å². The summed E-state index contributed by atoms with van der Waals surface area (Å²) in [6.07, 6.45) is 3.45. The van der Waals surface area contributed by atoms with Crippen LogP contribution in [0.3, 0.4) is 0 Å². The van der Waals surface area contributed by atoms with E-state index in [1.54, 1.807) is 0 Å². The summed E-state index contributed by atoms with van der Waals surface area (Å²) in [6.45, 7) is 4.36. The van der Waals surface area contributed by atoms with Gasteiger partial charge in [-0.2, -0.15) is 0 Å². The van der Waals surface area contributed by atoms with Crippen LogP contribution >= 0.6 is 0 Å². The maximum absolute atomic E-state index is 10.5. The summed E-state index contributed by atoms with van der Waals surface area (Å²) in [5.74, 6) is -0.194. The molecule has 0 aliphatic carbocycles. The van der Waals surface area contributed by atoms with Crippen molar-refractivity contribution in [3.63, 3.8) is 0 Å². The largest absolute Gasteiger partial charge is 0.353 e. The average molecular weight is 155 g/mol. The quantitative estimate of drug-likeness (QED) is 0.304. The fourth-order valence-corrected chi connectivity index (χ4v) is 0.512. The SMILES string of the molecule is C=CC(=O)NCCCN[C]=O. The Morgan fingerprint density at radius 2 is 2.27 bits per heavy atom. The molecule has 4 nitrogen and oxygen atoms in total. The van der Waals surface area contributed by atoms with Crippen LogP contribution < -0.4 is 10.6 Å². The molecule has 2 N–H and O–H groups in total. The molecule has 0 unspecified atom stereocenters. The Bertz CT molecular complexity index is 145. The van der Waals surface area contributed by atoms with Crippen LogP contribution in [-0.2, 0) is 9.59 Å². The van der Waals surface area contributed by atoms with Gasteiger partial charge in [0.1, 0.15) is 0 Å². The molecule has 0 aromatic rings. The monoisotopic (exact) mass is 155 g/mol. The molecule has 0 fully saturated rings. The van der Waals surface area contributed by atoms with Crippen LogP contribution in [0.25, 0.3) is 0 Å². The molecule has 0 saturated heterocycles. The first-order valence-electron chi connectivity index (χ1n) is 3.31. The van der Waals surface area contributed by atoms with E-state index in [9.17, 15) is 9.59 Å². The molecule has 61 valence electrons. The van der Waals surface area contributed by atoms with E-state index in [2.05, 4.69) is 17.2 Å². The smallest absolute Gasteiger partial charge is 0.309 e. The van der Waals surface area contributed by atoms with Crippen LogP contribution in [0.15, 0.2) is 12.7 Å². The number of hydrogen-bond acceptors (Lipinski definition) is 2. The first-order chi connectivity index (χ1) is 5.31. The number of amides is 2. The highest BCUT2D eigenvalue weighted by atomic mass is 16.1. The van der Waals surface area contributed by atoms with E-state index in [1.807, 2.05) is 0 Å². The number of carbonyl (C=O) groups excluding carboxylic acids is 2. The second-order valence-electron chi connectivity index (χ2n) is 1.88. The number of hydrogen-bond donors (Lipinski definition) is 2. The van der Waals surface area contributed by atoms with Crippen LogP contribution in [0, 0.1) is 0 Å². The highest BCUT2D eigenvalue weighted by molar-refractivity contribution is 5.86. The zero-order chi connectivity index (χ0) is 8.53. The lowest BCUT2D eigenvalue weighted by Crippen LogP contribution is -2.25. The van der Waals surface area contributed by atoms with Gasteiger partial charge in [0.2, 0.25) is 5.91 Å². The Labute approximate surface area is 65.7 Å². The fraction of sp³-hybridized carbons (Fsp3) is 0.429. The highest BCUT2D eigenvalue weighted by Crippen LogP contribution is 1.72. The maximum atomic E-state index is 10.5. The number of nitrogens with one attached hydrogen (secondary N) is 2. The van der Waals surface area contributed by atoms with Gasteiger partial charge in [0.05, 0.1) is 0 Å². The first-order valence-corrected chi connectivity index (χ1v) is 3.31. The Balaban J connectivity index is 3.07. The third-order valence-electron chi connectivity index (χ3n) is 1.04. The molecule has 4 heteroatoms. The minimum absolute atomic E-state index is 0.194. The zero-order valence-corrected chi connectivity index (χ0v) is 6.22. The molecule has 0 rings (SSSR count). The third kappa shape index (κ3) is 6.57. The van der Waals surface area contributed by atoms with Crippen molar-refractivity contribution in [2.24, 2.45) is 0 Å². The Morgan fingerprint density at radius 3 is 2.82 bits per heavy atom. The molecule has 0 saturated carbocycles. The topological polar surface area (TPSA) is 58.2 Å². The van der Waals surface area contributed by atoms with E-state index in [0.29, 0.717) is 19.5 Å². The standard InChI is InChI=1S/C7H11N2O2/c1-2-7(11)9-5-3-4-8-6-10/h2H,1,3-5H2,(H,8,10)(H,9,11). The van der Waals surface area contributed by atoms with Gasteiger partial charge in [-0.05, 0) is 12.5 Å². The van der Waals surface area contributed by atoms with E-state index < -0.39 is 0 Å². The van der Waals surface area contributed by atoms with Crippen molar-refractivity contribution in [3.8, 4) is 0 Å². The molecule has 0 bridgehead atoms. The average Bonchev–Trinajstić information content (AvgIpc) is 2.04. The van der Waals surface area contributed by atoms with Crippen molar-refractivity contribution in [3.05, 3.63) is 12.7 Å². The molecule has 0 heterocycles. The van der Waals surface area contributed by atoms with Gasteiger partial charge in [-0.25, -0.2) is 0 Å². The molecule has 0 atom stereocenters. The molecule has 11 heavy (non-hydrogen) atoms. The fourth-order valence-electron chi connectivity index (χ4n) is 0.512. The summed E-state index contributed by atoms with van der Waals surface area (Å²) in [7, 11) is 0. The normalized spacial score (nSPS) is 8.36. The second kappa shape index (κ2) is 6.80. The molecule has 0 aliphatic heterocycles. The van der Waals surface area contributed by atoms with Crippen LogP contribution in [0.2, 0.25) is 0 Å². The van der Waals surface area contributed by atoms with Gasteiger partial charge >= 0.3 is 6.41 Å². The molecular weight excluding hydrogens is 144 g/mol. The predicted octanol–water partition coefficient (Wildman–Crippen LogP) is -0.665. The molecule has 1 radical (unpaired) electrons. The van der Waals surface area contributed by atoms with Crippen molar-refractivity contribution < 1.29 is 9.59 Å². The molecule has 2 amide bonds. The lowest BCUT2D eigenvalue weighted by atomic mass is 10.4. The highest BCUT2D eigenvalue weighted by Gasteiger charge is 1.91. The van der Waals surface area contributed by atoms with Gasteiger partial charge in [-0.3, -0.25) is 9.59 Å². The summed E-state index contributed by atoms with van der Waals surface area (Å²) < 4.78 is 0. The molecule has 0 aliphatic rings. The van der Waals surface area contributed by atoms with Crippen molar-refractivity contribution in [2.45, 2.75) is 6.42 Å². The van der Waals surface area contributed by atoms with Crippen molar-refractivity contribution in [1.82, 2.24) is 10.6 Å². The summed E-state index contributed by atoms with van der Waals surface area (Å²) in [5, 5.41) is 4.92. The van der Waals surface area contributed by atoms with E-state index in [0.717, 1.165) is 0 Å². The lowest BCUT2D eigenvalue weighted by molar-refractivity contribution is -0.116. The molecule has 0 aromatic heterocycles. The van der Waals surface area contributed by atoms with Gasteiger partial charge in [0.15, 0.2) is 0 Å². The van der Waals surface area contributed by atoms with Gasteiger partial charge < -0.3 is 10.6 Å². The Morgan fingerprint density at radius 1 is 1.55 bits per heavy atom. The van der Waals surface area contributed by atoms with E-state index >= 15 is 0 Å². The van der Waals surface area contributed by atoms with Crippen molar-refractivity contribution in [2.75, 3.05) is 13.1 Å². The van der Waals surface area contributed by atoms with Crippen LogP contribution in [0.5, 0.6) is 0 Å². The van der Waals surface area contributed by atoms with Crippen molar-refractivity contribution >= 4 is 12.3 Å². The molecular formula is C7H11N2O2. The minimum Gasteiger partial charge on any atom is -0.353 e. The molecule has 0 aromatic carbocycles. The van der Waals surface area contributed by atoms with Crippen molar-refractivity contribution in [1.29, 1.82) is 0 Å². The summed E-state index contributed by atoms with van der Waals surface area (Å²) in [4.78, 5) is 20.1. The Hall–Kier alpha value is -1.32. The van der Waals surface area contributed by atoms with E-state index in [1.165, 1.54) is 12.5 Å². The summed E-state index contributed by atoms with van der Waals surface area (Å²) in [6, 6.07) is 0. The maximum Gasteiger partial charge on any atom is 0.309 e. The predicted molar refractivity (Wildman–Crippen MR) is 41.5 cm³/mol. The third-order valence-corrected chi connectivity index (χ3v) is 1.04. The van der Waals surface area contributed by atoms with Gasteiger partial charge in [0.25, 0.3) is 0 Å². The van der Waals surface area contributed by atoms with Crippen LogP contribution in [0.1, 0.15) is 6.42 Å². The van der Waals surface area contributed by atoms with Gasteiger partial charge in [0, 0.05) is 13.1 Å². The summed E-state index contributed by atoms with van der Waals surface area (Å²) in [5.41, 5.74) is 0. The lowest BCUT2D eigenvalue weighted by Gasteiger charge is -1.99.